The van der Waals surface area contributed by atoms with Crippen LogP contribution in [0.3, 0.4) is 0 Å². The molecule has 0 saturated carbocycles. The molecule has 0 aliphatic rings. The molecule has 0 aliphatic carbocycles. The first kappa shape index (κ1) is 17.0. The number of nitrogens with two attached hydrogens (primary N) is 1. The van der Waals surface area contributed by atoms with Gasteiger partial charge in [0.05, 0.1) is 16.1 Å². The number of rotatable bonds is 4. The van der Waals surface area contributed by atoms with E-state index in [1.54, 1.807) is 6.07 Å². The molecule has 0 radical (unpaired) electrons. The lowest BCUT2D eigenvalue weighted by atomic mass is 10.0. The third-order valence-corrected chi connectivity index (χ3v) is 5.03. The minimum Gasteiger partial charge on any atom is -0.369 e. The molecule has 0 spiro atoms. The quantitative estimate of drug-likeness (QED) is 0.783. The summed E-state index contributed by atoms with van der Waals surface area (Å²) in [6, 6.07) is 20.6. The highest BCUT2D eigenvalue weighted by atomic mass is 32.2. The molecule has 25 heavy (non-hydrogen) atoms. The number of anilines is 1. The highest BCUT2D eigenvalue weighted by Crippen LogP contribution is 2.26. The number of nitriles is 1. The van der Waals surface area contributed by atoms with E-state index in [1.165, 1.54) is 12.1 Å². The summed E-state index contributed by atoms with van der Waals surface area (Å²) in [6.07, 6.45) is 0. The van der Waals surface area contributed by atoms with Crippen molar-refractivity contribution in [3.05, 3.63) is 71.8 Å². The molecule has 5 nitrogen and oxygen atoms in total. The highest BCUT2D eigenvalue weighted by molar-refractivity contribution is 7.89. The van der Waals surface area contributed by atoms with Crippen LogP contribution in [0.4, 0.5) is 5.69 Å². The Morgan fingerprint density at radius 1 is 1.08 bits per heavy atom. The maximum Gasteiger partial charge on any atom is 0.238 e. The molecular formula is C19H17N3O2S. The second-order valence-corrected chi connectivity index (χ2v) is 7.39. The van der Waals surface area contributed by atoms with Gasteiger partial charge in [-0.2, -0.15) is 5.26 Å². The van der Waals surface area contributed by atoms with Gasteiger partial charge in [0, 0.05) is 13.6 Å². The number of nitrogens with zero attached hydrogens (tertiary/aromatic N) is 2. The van der Waals surface area contributed by atoms with Gasteiger partial charge in [0.1, 0.15) is 6.07 Å². The van der Waals surface area contributed by atoms with Crippen LogP contribution in [0, 0.1) is 11.3 Å². The van der Waals surface area contributed by atoms with Crippen molar-refractivity contribution in [2.24, 2.45) is 5.14 Å². The summed E-state index contributed by atoms with van der Waals surface area (Å²) < 4.78 is 22.9. The Kier molecular flexibility index (Phi) is 4.45. The van der Waals surface area contributed by atoms with Crippen LogP contribution in [0.15, 0.2) is 65.6 Å². The molecule has 0 heterocycles. The Labute approximate surface area is 147 Å². The molecule has 6 heteroatoms. The summed E-state index contributed by atoms with van der Waals surface area (Å²) in [5.41, 5.74) is 2.05. The van der Waals surface area contributed by atoms with Crippen molar-refractivity contribution in [2.75, 3.05) is 11.9 Å². The molecular weight excluding hydrogens is 334 g/mol. The number of fused-ring (bicyclic) bond motifs is 1. The largest absolute Gasteiger partial charge is 0.369 e. The lowest BCUT2D eigenvalue weighted by Crippen LogP contribution is -2.19. The first-order valence-corrected chi connectivity index (χ1v) is 9.19. The summed E-state index contributed by atoms with van der Waals surface area (Å²) in [4.78, 5) is 1.86. The number of primary sulfonamides is 1. The minimum absolute atomic E-state index is 0.0636. The predicted molar refractivity (Wildman–Crippen MR) is 98.6 cm³/mol. The summed E-state index contributed by atoms with van der Waals surface area (Å²) in [5, 5.41) is 16.8. The molecule has 0 unspecified atom stereocenters. The fourth-order valence-electron chi connectivity index (χ4n) is 2.89. The van der Waals surface area contributed by atoms with Gasteiger partial charge in [0.25, 0.3) is 0 Å². The van der Waals surface area contributed by atoms with Crippen molar-refractivity contribution in [1.82, 2.24) is 0 Å². The normalized spacial score (nSPS) is 11.2. The molecule has 0 bridgehead atoms. The number of hydrogen-bond acceptors (Lipinski definition) is 4. The summed E-state index contributed by atoms with van der Waals surface area (Å²) in [6.45, 7) is 0.588. The Morgan fingerprint density at radius 2 is 1.80 bits per heavy atom. The monoisotopic (exact) mass is 351 g/mol. The maximum absolute atomic E-state index is 11.5. The smallest absolute Gasteiger partial charge is 0.238 e. The van der Waals surface area contributed by atoms with E-state index in [9.17, 15) is 13.7 Å². The Morgan fingerprint density at radius 3 is 2.52 bits per heavy atom. The minimum atomic E-state index is -3.84. The van der Waals surface area contributed by atoms with Gasteiger partial charge in [-0.25, -0.2) is 13.6 Å². The summed E-state index contributed by atoms with van der Waals surface area (Å²) in [7, 11) is -1.97. The Bertz CT molecular complexity index is 1080. The van der Waals surface area contributed by atoms with E-state index in [2.05, 4.69) is 24.3 Å². The molecule has 0 aromatic heterocycles. The van der Waals surface area contributed by atoms with Gasteiger partial charge < -0.3 is 4.90 Å². The lowest BCUT2D eigenvalue weighted by molar-refractivity contribution is 0.598. The molecule has 0 saturated heterocycles. The van der Waals surface area contributed by atoms with Crippen molar-refractivity contribution in [2.45, 2.75) is 11.4 Å². The molecule has 3 rings (SSSR count). The zero-order chi connectivity index (χ0) is 18.0. The second-order valence-electron chi connectivity index (χ2n) is 5.83. The third kappa shape index (κ3) is 3.48. The summed E-state index contributed by atoms with van der Waals surface area (Å²) in [5.74, 6) is 0. The Hall–Kier alpha value is -2.88. The van der Waals surface area contributed by atoms with Gasteiger partial charge in [-0.15, -0.1) is 0 Å². The molecule has 3 aromatic carbocycles. The van der Waals surface area contributed by atoms with E-state index in [-0.39, 0.29) is 10.5 Å². The molecule has 0 aliphatic heterocycles. The molecule has 3 aromatic rings. The standard InChI is InChI=1S/C19H17N3O2S/c1-22(13-15-7-4-6-14-5-2-3-8-18(14)15)19-10-9-17(25(21,23)24)11-16(19)12-20/h2-11H,13H2,1H3,(H2,21,23,24). The lowest BCUT2D eigenvalue weighted by Gasteiger charge is -2.22. The van der Waals surface area contributed by atoms with Gasteiger partial charge in [-0.05, 0) is 34.5 Å². The molecule has 0 amide bonds. The predicted octanol–water partition coefficient (Wildman–Crippen LogP) is 3.00. The summed E-state index contributed by atoms with van der Waals surface area (Å²) >= 11 is 0. The van der Waals surface area contributed by atoms with Gasteiger partial charge in [-0.3, -0.25) is 0 Å². The van der Waals surface area contributed by atoms with Gasteiger partial charge in [-0.1, -0.05) is 42.5 Å². The maximum atomic E-state index is 11.5. The molecule has 2 N–H and O–H groups in total. The molecule has 126 valence electrons. The average molecular weight is 351 g/mol. The fourth-order valence-corrected chi connectivity index (χ4v) is 3.43. The van der Waals surface area contributed by atoms with Crippen LogP contribution in [-0.4, -0.2) is 15.5 Å². The highest BCUT2D eigenvalue weighted by Gasteiger charge is 2.14. The third-order valence-electron chi connectivity index (χ3n) is 4.12. The van der Waals surface area contributed by atoms with Crippen molar-refractivity contribution in [3.8, 4) is 6.07 Å². The van der Waals surface area contributed by atoms with E-state index in [0.717, 1.165) is 16.3 Å². The number of sulfonamides is 1. The van der Waals surface area contributed by atoms with Crippen LogP contribution in [0.25, 0.3) is 10.8 Å². The van der Waals surface area contributed by atoms with E-state index < -0.39 is 10.0 Å². The van der Waals surface area contributed by atoms with Crippen LogP contribution in [0.1, 0.15) is 11.1 Å². The zero-order valence-corrected chi connectivity index (χ0v) is 14.5. The number of hydrogen-bond donors (Lipinski definition) is 1. The average Bonchev–Trinajstić information content (AvgIpc) is 2.60. The Balaban J connectivity index is 1.98. The number of benzene rings is 3. The van der Waals surface area contributed by atoms with E-state index >= 15 is 0 Å². The van der Waals surface area contributed by atoms with Crippen LogP contribution in [0.2, 0.25) is 0 Å². The molecule has 0 atom stereocenters. The first-order valence-electron chi connectivity index (χ1n) is 7.65. The van der Waals surface area contributed by atoms with Crippen LogP contribution < -0.4 is 10.0 Å². The van der Waals surface area contributed by atoms with Gasteiger partial charge in [0.15, 0.2) is 0 Å². The first-order chi connectivity index (χ1) is 11.9. The van der Waals surface area contributed by atoms with Crippen molar-refractivity contribution < 1.29 is 8.42 Å². The van der Waals surface area contributed by atoms with Crippen LogP contribution >= 0.6 is 0 Å². The second kappa shape index (κ2) is 6.55. The van der Waals surface area contributed by atoms with Gasteiger partial charge in [0.2, 0.25) is 10.0 Å². The van der Waals surface area contributed by atoms with Crippen molar-refractivity contribution in [3.63, 3.8) is 0 Å². The van der Waals surface area contributed by atoms with Crippen molar-refractivity contribution in [1.29, 1.82) is 5.26 Å². The van der Waals surface area contributed by atoms with E-state index in [0.29, 0.717) is 12.2 Å². The SMILES string of the molecule is CN(Cc1cccc2ccccc12)c1ccc(S(N)(=O)=O)cc1C#N. The van der Waals surface area contributed by atoms with E-state index in [1.807, 2.05) is 36.2 Å². The van der Waals surface area contributed by atoms with Crippen LogP contribution in [0.5, 0.6) is 0 Å². The van der Waals surface area contributed by atoms with Crippen LogP contribution in [-0.2, 0) is 16.6 Å². The zero-order valence-electron chi connectivity index (χ0n) is 13.7. The topological polar surface area (TPSA) is 87.2 Å². The van der Waals surface area contributed by atoms with E-state index in [4.69, 9.17) is 5.14 Å². The fraction of sp³-hybridized carbons (Fsp3) is 0.105. The van der Waals surface area contributed by atoms with Crippen molar-refractivity contribution >= 4 is 26.5 Å². The molecule has 0 fully saturated rings. The van der Waals surface area contributed by atoms with Gasteiger partial charge >= 0.3 is 0 Å².